The number of pyridine rings is 1. The Bertz CT molecular complexity index is 687. The molecule has 2 N–H and O–H groups in total. The molecule has 0 amide bonds. The van der Waals surface area contributed by atoms with E-state index in [1.807, 2.05) is 25.4 Å². The monoisotopic (exact) mass is 438 g/mol. The lowest BCUT2D eigenvalue weighted by molar-refractivity contribution is 0.334. The minimum atomic E-state index is 0. The highest BCUT2D eigenvalue weighted by atomic mass is 127. The highest BCUT2D eigenvalue weighted by Crippen LogP contribution is 2.36. The fraction of sp³-hybridized carbons (Fsp3) is 0.474. The maximum atomic E-state index is 4.41. The smallest absolute Gasteiger partial charge is 0.191 e. The lowest BCUT2D eigenvalue weighted by Crippen LogP contribution is -2.41. The van der Waals surface area contributed by atoms with E-state index >= 15 is 0 Å². The lowest BCUT2D eigenvalue weighted by atomic mass is 9.89. The van der Waals surface area contributed by atoms with E-state index in [-0.39, 0.29) is 24.0 Å². The second kappa shape index (κ2) is 8.65. The molecule has 24 heavy (non-hydrogen) atoms. The maximum Gasteiger partial charge on any atom is 0.191 e. The molecule has 1 aromatic carbocycles. The molecular formula is C19H27IN4. The first-order chi connectivity index (χ1) is 11.2. The fourth-order valence-electron chi connectivity index (χ4n) is 3.41. The van der Waals surface area contributed by atoms with Crippen LogP contribution in [0, 0.1) is 5.41 Å². The molecule has 0 bridgehead atoms. The first-order valence-electron chi connectivity index (χ1n) is 8.47. The van der Waals surface area contributed by atoms with Crippen LogP contribution in [-0.2, 0) is 6.54 Å². The molecule has 2 aromatic rings. The van der Waals surface area contributed by atoms with Crippen molar-refractivity contribution in [3.63, 3.8) is 0 Å². The summed E-state index contributed by atoms with van der Waals surface area (Å²) in [6.45, 7) is 4.11. The van der Waals surface area contributed by atoms with Gasteiger partial charge in [-0.15, -0.1) is 24.0 Å². The number of para-hydroxylation sites is 1. The quantitative estimate of drug-likeness (QED) is 0.430. The van der Waals surface area contributed by atoms with Gasteiger partial charge in [0.15, 0.2) is 5.96 Å². The third-order valence-corrected chi connectivity index (χ3v) is 4.90. The lowest BCUT2D eigenvalue weighted by Gasteiger charge is -2.25. The first kappa shape index (κ1) is 19.0. The molecule has 5 heteroatoms. The van der Waals surface area contributed by atoms with Gasteiger partial charge in [-0.2, -0.15) is 0 Å². The van der Waals surface area contributed by atoms with Gasteiger partial charge in [-0.25, -0.2) is 0 Å². The minimum Gasteiger partial charge on any atom is -0.356 e. The summed E-state index contributed by atoms with van der Waals surface area (Å²) in [5.41, 5.74) is 2.69. The Morgan fingerprint density at radius 1 is 1.17 bits per heavy atom. The third-order valence-electron chi connectivity index (χ3n) is 4.90. The Labute approximate surface area is 161 Å². The molecule has 0 spiro atoms. The summed E-state index contributed by atoms with van der Waals surface area (Å²) in [4.78, 5) is 8.77. The van der Waals surface area contributed by atoms with Gasteiger partial charge in [-0.05, 0) is 36.0 Å². The van der Waals surface area contributed by atoms with Crippen LogP contribution in [0.25, 0.3) is 10.9 Å². The molecule has 0 unspecified atom stereocenters. The van der Waals surface area contributed by atoms with Gasteiger partial charge in [0.1, 0.15) is 0 Å². The van der Waals surface area contributed by atoms with Crippen LogP contribution < -0.4 is 10.6 Å². The van der Waals surface area contributed by atoms with Crippen LogP contribution in [0.5, 0.6) is 0 Å². The summed E-state index contributed by atoms with van der Waals surface area (Å²) in [5, 5.41) is 8.12. The van der Waals surface area contributed by atoms with Crippen molar-refractivity contribution in [1.29, 1.82) is 0 Å². The number of hydrogen-bond acceptors (Lipinski definition) is 2. The molecule has 1 aromatic heterocycles. The van der Waals surface area contributed by atoms with Crippen molar-refractivity contribution in [3.05, 3.63) is 42.1 Å². The van der Waals surface area contributed by atoms with Crippen molar-refractivity contribution >= 4 is 40.8 Å². The predicted molar refractivity (Wildman–Crippen MR) is 112 cm³/mol. The predicted octanol–water partition coefficient (Wildman–Crippen LogP) is 4.10. The average molecular weight is 438 g/mol. The van der Waals surface area contributed by atoms with Crippen molar-refractivity contribution in [2.45, 2.75) is 39.2 Å². The molecule has 0 saturated heterocycles. The molecule has 1 heterocycles. The van der Waals surface area contributed by atoms with Gasteiger partial charge in [0.05, 0.1) is 5.52 Å². The van der Waals surface area contributed by atoms with Crippen LogP contribution in [-0.4, -0.2) is 24.5 Å². The molecule has 0 atom stereocenters. The molecule has 130 valence electrons. The number of guanidine groups is 1. The number of hydrogen-bond donors (Lipinski definition) is 2. The second-order valence-corrected chi connectivity index (χ2v) is 6.78. The zero-order chi connectivity index (χ0) is 16.1. The Kier molecular flexibility index (Phi) is 6.83. The van der Waals surface area contributed by atoms with E-state index in [1.165, 1.54) is 36.6 Å². The number of aliphatic imine (C=N–C) groups is 1. The van der Waals surface area contributed by atoms with Crippen LogP contribution >= 0.6 is 24.0 Å². The fourth-order valence-corrected chi connectivity index (χ4v) is 3.41. The van der Waals surface area contributed by atoms with Crippen molar-refractivity contribution < 1.29 is 0 Å². The number of rotatable bonds is 4. The van der Waals surface area contributed by atoms with Crippen LogP contribution in [0.3, 0.4) is 0 Å². The number of aromatic nitrogens is 1. The van der Waals surface area contributed by atoms with E-state index in [0.29, 0.717) is 5.41 Å². The van der Waals surface area contributed by atoms with E-state index < -0.39 is 0 Å². The van der Waals surface area contributed by atoms with Crippen molar-refractivity contribution in [2.24, 2.45) is 10.4 Å². The van der Waals surface area contributed by atoms with E-state index in [0.717, 1.165) is 24.6 Å². The third kappa shape index (κ3) is 4.59. The second-order valence-electron chi connectivity index (χ2n) is 6.78. The zero-order valence-electron chi connectivity index (χ0n) is 14.5. The van der Waals surface area contributed by atoms with Crippen LogP contribution in [0.2, 0.25) is 0 Å². The van der Waals surface area contributed by atoms with E-state index in [9.17, 15) is 0 Å². The SMILES string of the molecule is CN=C(NCc1ccnc2ccccc12)NCC1(C)CCCC1.I. The van der Waals surface area contributed by atoms with Crippen molar-refractivity contribution in [1.82, 2.24) is 15.6 Å². The molecule has 4 nitrogen and oxygen atoms in total. The Hall–Kier alpha value is -1.37. The summed E-state index contributed by atoms with van der Waals surface area (Å²) >= 11 is 0. The van der Waals surface area contributed by atoms with Crippen LogP contribution in [0.4, 0.5) is 0 Å². The Morgan fingerprint density at radius 2 is 1.92 bits per heavy atom. The standard InChI is InChI=1S/C19H26N4.HI/c1-19(10-5-6-11-19)14-23-18(20-2)22-13-15-9-12-21-17-8-4-3-7-16(15)17;/h3-4,7-9,12H,5-6,10-11,13-14H2,1-2H3,(H2,20,22,23);1H. The summed E-state index contributed by atoms with van der Waals surface area (Å²) in [7, 11) is 1.83. The normalized spacial score (nSPS) is 16.7. The van der Waals surface area contributed by atoms with Gasteiger partial charge in [0, 0.05) is 31.7 Å². The van der Waals surface area contributed by atoms with Crippen LogP contribution in [0.15, 0.2) is 41.5 Å². The number of fused-ring (bicyclic) bond motifs is 1. The number of nitrogens with one attached hydrogen (secondary N) is 2. The van der Waals surface area contributed by atoms with Gasteiger partial charge in [-0.3, -0.25) is 9.98 Å². The van der Waals surface area contributed by atoms with Crippen molar-refractivity contribution in [3.8, 4) is 0 Å². The van der Waals surface area contributed by atoms with Gasteiger partial charge in [-0.1, -0.05) is 38.0 Å². The highest BCUT2D eigenvalue weighted by Gasteiger charge is 2.28. The Morgan fingerprint density at radius 3 is 2.67 bits per heavy atom. The van der Waals surface area contributed by atoms with Gasteiger partial charge in [0.2, 0.25) is 0 Å². The van der Waals surface area contributed by atoms with Gasteiger partial charge in [0.25, 0.3) is 0 Å². The van der Waals surface area contributed by atoms with Crippen LogP contribution in [0.1, 0.15) is 38.2 Å². The van der Waals surface area contributed by atoms with E-state index in [1.54, 1.807) is 0 Å². The van der Waals surface area contributed by atoms with Crippen molar-refractivity contribution in [2.75, 3.05) is 13.6 Å². The zero-order valence-corrected chi connectivity index (χ0v) is 16.8. The molecule has 0 aliphatic heterocycles. The van der Waals surface area contributed by atoms with E-state index in [2.05, 4.69) is 45.7 Å². The molecule has 3 rings (SSSR count). The molecule has 1 fully saturated rings. The topological polar surface area (TPSA) is 49.3 Å². The maximum absolute atomic E-state index is 4.41. The summed E-state index contributed by atoms with van der Waals surface area (Å²) in [6, 6.07) is 10.3. The summed E-state index contributed by atoms with van der Waals surface area (Å²) < 4.78 is 0. The molecule has 1 saturated carbocycles. The largest absolute Gasteiger partial charge is 0.356 e. The molecule has 1 aliphatic rings. The highest BCUT2D eigenvalue weighted by molar-refractivity contribution is 14.0. The number of benzene rings is 1. The molecular weight excluding hydrogens is 411 g/mol. The molecule has 1 aliphatic carbocycles. The summed E-state index contributed by atoms with van der Waals surface area (Å²) in [5.74, 6) is 0.874. The number of halogens is 1. The van der Waals surface area contributed by atoms with E-state index in [4.69, 9.17) is 0 Å². The first-order valence-corrected chi connectivity index (χ1v) is 8.47. The number of nitrogens with zero attached hydrogens (tertiary/aromatic N) is 2. The average Bonchev–Trinajstić information content (AvgIpc) is 3.02. The summed E-state index contributed by atoms with van der Waals surface area (Å²) in [6.07, 6.45) is 7.20. The van der Waals surface area contributed by atoms with Gasteiger partial charge >= 0.3 is 0 Å². The van der Waals surface area contributed by atoms with Gasteiger partial charge < -0.3 is 10.6 Å². The Balaban J connectivity index is 0.00000208. The minimum absolute atomic E-state index is 0. The molecule has 0 radical (unpaired) electrons.